The molecule has 17 heavy (non-hydrogen) atoms. The normalized spacial score (nSPS) is 29.6. The van der Waals surface area contributed by atoms with Crippen molar-refractivity contribution in [2.24, 2.45) is 0 Å². The van der Waals surface area contributed by atoms with Crippen molar-refractivity contribution >= 4 is 6.08 Å². The van der Waals surface area contributed by atoms with E-state index in [2.05, 4.69) is 48.4 Å². The van der Waals surface area contributed by atoms with Crippen LogP contribution in [0.3, 0.4) is 0 Å². The molecule has 2 unspecified atom stereocenters. The van der Waals surface area contributed by atoms with Crippen molar-refractivity contribution < 1.29 is 0 Å². The van der Waals surface area contributed by atoms with E-state index >= 15 is 0 Å². The number of hydrogen-bond donors (Lipinski definition) is 0. The number of allylic oxidation sites excluding steroid dienone is 3. The van der Waals surface area contributed by atoms with Crippen molar-refractivity contribution in [1.29, 1.82) is 0 Å². The summed E-state index contributed by atoms with van der Waals surface area (Å²) in [6.45, 7) is 0. The van der Waals surface area contributed by atoms with Gasteiger partial charge in [0.25, 0.3) is 0 Å². The number of rotatable bonds is 0. The highest BCUT2D eigenvalue weighted by Crippen LogP contribution is 2.50. The minimum Gasteiger partial charge on any atom is -0.367 e. The van der Waals surface area contributed by atoms with Crippen LogP contribution in [0.1, 0.15) is 34.2 Å². The lowest BCUT2D eigenvalue weighted by molar-refractivity contribution is 0.343. The van der Waals surface area contributed by atoms with Gasteiger partial charge >= 0.3 is 0 Å². The Labute approximate surface area is 101 Å². The summed E-state index contributed by atoms with van der Waals surface area (Å²) in [5.41, 5.74) is 9.00. The fourth-order valence-corrected chi connectivity index (χ4v) is 3.88. The monoisotopic (exact) mass is 219 g/mol. The maximum absolute atomic E-state index is 2.46. The summed E-state index contributed by atoms with van der Waals surface area (Å²) in [6, 6.07) is 5.31. The standard InChI is InChI=1S/C16H13N/c1-17-15-7-10-4-9-5-13-11(2-3-12(13)15)14(6-9)16(17)8-10/h2-3,5-8,12,16H,4H2,1H3. The second-order valence-electron chi connectivity index (χ2n) is 5.57. The summed E-state index contributed by atoms with van der Waals surface area (Å²) in [4.78, 5) is 2.46. The highest BCUT2D eigenvalue weighted by Gasteiger charge is 2.37. The molecular weight excluding hydrogens is 206 g/mol. The molecule has 8 bridgehead atoms. The Morgan fingerprint density at radius 3 is 3.06 bits per heavy atom. The Morgan fingerprint density at radius 2 is 2.12 bits per heavy atom. The van der Waals surface area contributed by atoms with E-state index in [4.69, 9.17) is 0 Å². The first-order chi connectivity index (χ1) is 8.31. The smallest absolute Gasteiger partial charge is 0.0732 e. The van der Waals surface area contributed by atoms with Gasteiger partial charge in [-0.25, -0.2) is 0 Å². The molecule has 0 N–H and O–H groups in total. The van der Waals surface area contributed by atoms with Crippen molar-refractivity contribution in [1.82, 2.24) is 4.90 Å². The fourth-order valence-electron chi connectivity index (χ4n) is 3.88. The second kappa shape index (κ2) is 2.40. The molecule has 2 atom stereocenters. The minimum absolute atomic E-state index is 0.469. The second-order valence-corrected chi connectivity index (χ2v) is 5.57. The van der Waals surface area contributed by atoms with Crippen molar-refractivity contribution in [3.8, 4) is 0 Å². The highest BCUT2D eigenvalue weighted by atomic mass is 15.2. The third-order valence-electron chi connectivity index (χ3n) is 4.67. The van der Waals surface area contributed by atoms with E-state index in [9.17, 15) is 0 Å². The van der Waals surface area contributed by atoms with Crippen LogP contribution in [0.2, 0.25) is 0 Å². The van der Waals surface area contributed by atoms with Crippen LogP contribution in [0, 0.1) is 0 Å². The topological polar surface area (TPSA) is 3.24 Å². The van der Waals surface area contributed by atoms with Crippen molar-refractivity contribution in [3.05, 3.63) is 63.9 Å². The molecule has 2 heterocycles. The lowest BCUT2D eigenvalue weighted by Crippen LogP contribution is -2.26. The quantitative estimate of drug-likeness (QED) is 0.648. The molecule has 5 rings (SSSR count). The molecule has 0 amide bonds. The molecule has 0 saturated carbocycles. The summed E-state index contributed by atoms with van der Waals surface area (Å²) in [6.07, 6.45) is 10.7. The van der Waals surface area contributed by atoms with Gasteiger partial charge in [-0.1, -0.05) is 30.4 Å². The molecule has 2 aliphatic heterocycles. The maximum Gasteiger partial charge on any atom is 0.0732 e. The maximum atomic E-state index is 2.46. The Bertz CT molecular complexity index is 660. The van der Waals surface area contributed by atoms with Gasteiger partial charge in [-0.2, -0.15) is 0 Å². The fraction of sp³-hybridized carbons (Fsp3) is 0.250. The van der Waals surface area contributed by atoms with Crippen LogP contribution in [0.5, 0.6) is 0 Å². The average Bonchev–Trinajstić information content (AvgIpc) is 2.65. The molecular formula is C16H13N. The van der Waals surface area contributed by atoms with Gasteiger partial charge in [0.2, 0.25) is 0 Å². The summed E-state index contributed by atoms with van der Waals surface area (Å²) in [5.74, 6) is 0.502. The Hall–Kier alpha value is -1.76. The van der Waals surface area contributed by atoms with Gasteiger partial charge in [0.05, 0.1) is 6.04 Å². The van der Waals surface area contributed by atoms with Crippen LogP contribution in [-0.4, -0.2) is 11.9 Å². The molecule has 1 nitrogen and oxygen atoms in total. The van der Waals surface area contributed by atoms with Crippen LogP contribution in [0.25, 0.3) is 6.08 Å². The highest BCUT2D eigenvalue weighted by molar-refractivity contribution is 5.73. The lowest BCUT2D eigenvalue weighted by Gasteiger charge is -2.34. The molecule has 2 aliphatic carbocycles. The van der Waals surface area contributed by atoms with Crippen molar-refractivity contribution in [3.63, 3.8) is 0 Å². The molecule has 1 aromatic rings. The van der Waals surface area contributed by atoms with Gasteiger partial charge in [-0.3, -0.25) is 0 Å². The van der Waals surface area contributed by atoms with E-state index in [-0.39, 0.29) is 0 Å². The zero-order valence-corrected chi connectivity index (χ0v) is 9.77. The molecule has 0 saturated heterocycles. The first-order valence-corrected chi connectivity index (χ1v) is 6.31. The van der Waals surface area contributed by atoms with Crippen LogP contribution in [0.15, 0.2) is 41.6 Å². The SMILES string of the molecule is CN1C2=CC3=CC1c1cc(cc4c1C=CC24)C3. The van der Waals surface area contributed by atoms with E-state index < -0.39 is 0 Å². The van der Waals surface area contributed by atoms with Gasteiger partial charge in [0.15, 0.2) is 0 Å². The van der Waals surface area contributed by atoms with Crippen LogP contribution in [0.4, 0.5) is 0 Å². The summed E-state index contributed by atoms with van der Waals surface area (Å²) in [7, 11) is 2.24. The van der Waals surface area contributed by atoms with E-state index in [1.54, 1.807) is 0 Å². The van der Waals surface area contributed by atoms with Gasteiger partial charge < -0.3 is 4.90 Å². The molecule has 0 radical (unpaired) electrons. The van der Waals surface area contributed by atoms with Crippen LogP contribution >= 0.6 is 0 Å². The Balaban J connectivity index is 2.02. The average molecular weight is 219 g/mol. The molecule has 0 aromatic heterocycles. The minimum atomic E-state index is 0.469. The largest absolute Gasteiger partial charge is 0.367 e. The number of benzene rings is 1. The van der Waals surface area contributed by atoms with E-state index in [1.807, 2.05) is 0 Å². The van der Waals surface area contributed by atoms with E-state index in [1.165, 1.54) is 33.5 Å². The van der Waals surface area contributed by atoms with Crippen molar-refractivity contribution in [2.75, 3.05) is 7.05 Å². The molecule has 4 aliphatic rings. The number of hydrogen-bond acceptors (Lipinski definition) is 1. The molecule has 0 fully saturated rings. The zero-order chi connectivity index (χ0) is 11.1. The number of likely N-dealkylation sites (N-methyl/N-ethyl adjacent to an activating group) is 1. The van der Waals surface area contributed by atoms with Gasteiger partial charge in [-0.05, 0) is 40.3 Å². The number of fused-ring (bicyclic) bond motifs is 3. The van der Waals surface area contributed by atoms with Gasteiger partial charge in [0.1, 0.15) is 0 Å². The zero-order valence-electron chi connectivity index (χ0n) is 9.77. The third-order valence-corrected chi connectivity index (χ3v) is 4.67. The summed E-state index contributed by atoms with van der Waals surface area (Å²) >= 11 is 0. The summed E-state index contributed by atoms with van der Waals surface area (Å²) < 4.78 is 0. The van der Waals surface area contributed by atoms with Gasteiger partial charge in [-0.15, -0.1) is 0 Å². The third kappa shape index (κ3) is 0.813. The van der Waals surface area contributed by atoms with Crippen molar-refractivity contribution in [2.45, 2.75) is 18.4 Å². The molecule has 0 spiro atoms. The first kappa shape index (κ1) is 8.35. The molecule has 1 aromatic carbocycles. The van der Waals surface area contributed by atoms with Gasteiger partial charge in [0, 0.05) is 18.7 Å². The summed E-state index contributed by atoms with van der Waals surface area (Å²) in [5, 5.41) is 0. The first-order valence-electron chi connectivity index (χ1n) is 6.31. The predicted molar refractivity (Wildman–Crippen MR) is 68.6 cm³/mol. The lowest BCUT2D eigenvalue weighted by atomic mass is 9.90. The van der Waals surface area contributed by atoms with E-state index in [0.717, 1.165) is 6.42 Å². The Kier molecular flexibility index (Phi) is 1.18. The van der Waals surface area contributed by atoms with Crippen LogP contribution in [-0.2, 0) is 6.42 Å². The molecule has 82 valence electrons. The number of nitrogens with zero attached hydrogens (tertiary/aromatic N) is 1. The van der Waals surface area contributed by atoms with Crippen LogP contribution < -0.4 is 0 Å². The van der Waals surface area contributed by atoms with E-state index in [0.29, 0.717) is 12.0 Å². The molecule has 1 heteroatoms. The Morgan fingerprint density at radius 1 is 1.24 bits per heavy atom. The predicted octanol–water partition coefficient (Wildman–Crippen LogP) is 3.16.